The van der Waals surface area contributed by atoms with Crippen molar-refractivity contribution in [2.75, 3.05) is 6.54 Å². The van der Waals surface area contributed by atoms with E-state index >= 15 is 0 Å². The molecule has 0 bridgehead atoms. The van der Waals surface area contributed by atoms with E-state index in [9.17, 15) is 18.0 Å². The fourth-order valence-electron chi connectivity index (χ4n) is 2.79. The van der Waals surface area contributed by atoms with Crippen LogP contribution in [0.15, 0.2) is 40.8 Å². The predicted molar refractivity (Wildman–Crippen MR) is 88.4 cm³/mol. The summed E-state index contributed by atoms with van der Waals surface area (Å²) in [6, 6.07) is 9.29. The molecule has 1 aromatic carbocycles. The first-order chi connectivity index (χ1) is 11.7. The van der Waals surface area contributed by atoms with Gasteiger partial charge < -0.3 is 9.32 Å². The Morgan fingerprint density at radius 2 is 1.88 bits per heavy atom. The van der Waals surface area contributed by atoms with E-state index in [2.05, 4.69) is 0 Å². The van der Waals surface area contributed by atoms with Gasteiger partial charge in [0.1, 0.15) is 12.3 Å². The van der Waals surface area contributed by atoms with Crippen LogP contribution in [0.4, 0.5) is 13.2 Å². The number of benzene rings is 1. The fourth-order valence-corrected chi connectivity index (χ4v) is 2.92. The molecule has 3 rings (SSSR count). The predicted octanol–water partition coefficient (Wildman–Crippen LogP) is 5.40. The summed E-state index contributed by atoms with van der Waals surface area (Å²) in [5, 5.41) is 0.557. The van der Waals surface area contributed by atoms with Crippen LogP contribution in [0.25, 0.3) is 11.3 Å². The van der Waals surface area contributed by atoms with Crippen LogP contribution in [0.1, 0.15) is 30.3 Å². The minimum Gasteiger partial charge on any atom is -0.451 e. The summed E-state index contributed by atoms with van der Waals surface area (Å²) in [4.78, 5) is 13.5. The summed E-state index contributed by atoms with van der Waals surface area (Å²) in [5.74, 6) is -0.304. The molecule has 2 aromatic rings. The van der Waals surface area contributed by atoms with Gasteiger partial charge in [0.15, 0.2) is 5.76 Å². The Labute approximate surface area is 148 Å². The lowest BCUT2D eigenvalue weighted by molar-refractivity contribution is -0.145. The van der Waals surface area contributed by atoms with Crippen LogP contribution in [0.5, 0.6) is 0 Å². The monoisotopic (exact) mass is 371 g/mol. The average Bonchev–Trinajstić information content (AvgIpc) is 3.28. The van der Waals surface area contributed by atoms with E-state index in [1.807, 2.05) is 0 Å². The van der Waals surface area contributed by atoms with Crippen LogP contribution < -0.4 is 0 Å². The van der Waals surface area contributed by atoms with Crippen LogP contribution in [-0.2, 0) is 0 Å². The number of carbonyl (C=O) groups excluding carboxylic acids is 1. The maximum absolute atomic E-state index is 12.9. The molecular weight excluding hydrogens is 355 g/mol. The minimum absolute atomic E-state index is 0.0956. The fraction of sp³-hybridized carbons (Fsp3) is 0.389. The molecule has 1 aliphatic carbocycles. The van der Waals surface area contributed by atoms with Crippen molar-refractivity contribution in [3.63, 3.8) is 0 Å². The zero-order valence-electron chi connectivity index (χ0n) is 13.5. The second-order valence-electron chi connectivity index (χ2n) is 6.30. The van der Waals surface area contributed by atoms with Crippen molar-refractivity contribution in [3.05, 3.63) is 47.2 Å². The van der Waals surface area contributed by atoms with Gasteiger partial charge in [-0.25, -0.2) is 0 Å². The smallest absolute Gasteiger partial charge is 0.406 e. The van der Waals surface area contributed by atoms with Gasteiger partial charge in [0.2, 0.25) is 0 Å². The summed E-state index contributed by atoms with van der Waals surface area (Å²) in [7, 11) is 0. The van der Waals surface area contributed by atoms with Gasteiger partial charge in [-0.3, -0.25) is 4.79 Å². The second-order valence-corrected chi connectivity index (χ2v) is 6.73. The molecule has 0 radical (unpaired) electrons. The molecule has 0 saturated heterocycles. The van der Waals surface area contributed by atoms with Crippen molar-refractivity contribution in [3.8, 4) is 11.3 Å². The van der Waals surface area contributed by atoms with Gasteiger partial charge >= 0.3 is 6.18 Å². The number of alkyl halides is 3. The summed E-state index contributed by atoms with van der Waals surface area (Å²) in [5.41, 5.74) is 0.695. The van der Waals surface area contributed by atoms with Crippen LogP contribution in [0.3, 0.4) is 0 Å². The number of hydrogen-bond acceptors (Lipinski definition) is 2. The minimum atomic E-state index is -4.45. The van der Waals surface area contributed by atoms with Crippen LogP contribution in [0, 0.1) is 5.92 Å². The van der Waals surface area contributed by atoms with E-state index in [4.69, 9.17) is 16.0 Å². The van der Waals surface area contributed by atoms with Gasteiger partial charge in [-0.2, -0.15) is 13.2 Å². The Bertz CT molecular complexity index is 750. The number of nitrogens with zero attached hydrogens (tertiary/aromatic N) is 1. The van der Waals surface area contributed by atoms with Gasteiger partial charge in [-0.05, 0) is 62.1 Å². The quantitative estimate of drug-likeness (QED) is 0.704. The van der Waals surface area contributed by atoms with Crippen LogP contribution >= 0.6 is 11.6 Å². The first-order valence-corrected chi connectivity index (χ1v) is 8.36. The third kappa shape index (κ3) is 4.37. The summed E-state index contributed by atoms with van der Waals surface area (Å²) >= 11 is 5.83. The molecule has 25 heavy (non-hydrogen) atoms. The highest BCUT2D eigenvalue weighted by Crippen LogP contribution is 2.37. The Balaban J connectivity index is 1.83. The van der Waals surface area contributed by atoms with E-state index in [1.54, 1.807) is 37.3 Å². The zero-order chi connectivity index (χ0) is 18.2. The highest BCUT2D eigenvalue weighted by molar-refractivity contribution is 6.30. The second kappa shape index (κ2) is 6.75. The standard InChI is InChI=1S/C18H17ClF3NO2/c1-11(12-2-3-12)23(10-18(20,21)22)17(24)16-9-8-15(25-16)13-4-6-14(19)7-5-13/h4-9,11-12H,2-3,10H2,1H3. The molecule has 0 spiro atoms. The number of furan rings is 1. The molecule has 134 valence electrons. The lowest BCUT2D eigenvalue weighted by atomic mass is 10.1. The summed E-state index contributed by atoms with van der Waals surface area (Å²) in [6.07, 6.45) is -2.77. The normalized spacial score (nSPS) is 15.9. The van der Waals surface area contributed by atoms with Gasteiger partial charge in [-0.1, -0.05) is 11.6 Å². The van der Waals surface area contributed by atoms with E-state index < -0.39 is 24.7 Å². The molecule has 1 saturated carbocycles. The van der Waals surface area contributed by atoms with Crippen LogP contribution in [-0.4, -0.2) is 29.6 Å². The Morgan fingerprint density at radius 3 is 2.44 bits per heavy atom. The molecule has 1 heterocycles. The number of amides is 1. The SMILES string of the molecule is CC(C1CC1)N(CC(F)(F)F)C(=O)c1ccc(-c2ccc(Cl)cc2)o1. The highest BCUT2D eigenvalue weighted by Gasteiger charge is 2.41. The van der Waals surface area contributed by atoms with Crippen molar-refractivity contribution >= 4 is 17.5 Å². The van der Waals surface area contributed by atoms with E-state index in [0.29, 0.717) is 16.3 Å². The number of carbonyl (C=O) groups is 1. The van der Waals surface area contributed by atoms with Crippen molar-refractivity contribution in [1.29, 1.82) is 0 Å². The van der Waals surface area contributed by atoms with Gasteiger partial charge in [0.05, 0.1) is 0 Å². The van der Waals surface area contributed by atoms with Crippen molar-refractivity contribution in [1.82, 2.24) is 4.90 Å². The Kier molecular flexibility index (Phi) is 4.82. The van der Waals surface area contributed by atoms with Crippen molar-refractivity contribution in [2.24, 2.45) is 5.92 Å². The summed E-state index contributed by atoms with van der Waals surface area (Å²) < 4.78 is 44.2. The molecule has 1 unspecified atom stereocenters. The van der Waals surface area contributed by atoms with E-state index in [-0.39, 0.29) is 11.7 Å². The number of halogens is 4. The molecule has 3 nitrogen and oxygen atoms in total. The molecule has 1 aromatic heterocycles. The molecule has 1 aliphatic rings. The van der Waals surface area contributed by atoms with Gasteiger partial charge in [0.25, 0.3) is 5.91 Å². The van der Waals surface area contributed by atoms with Gasteiger partial charge in [-0.15, -0.1) is 0 Å². The third-order valence-electron chi connectivity index (χ3n) is 4.35. The molecular formula is C18H17ClF3NO2. The highest BCUT2D eigenvalue weighted by atomic mass is 35.5. The molecule has 0 N–H and O–H groups in total. The number of hydrogen-bond donors (Lipinski definition) is 0. The van der Waals surface area contributed by atoms with E-state index in [0.717, 1.165) is 17.7 Å². The van der Waals surface area contributed by atoms with Gasteiger partial charge in [0, 0.05) is 16.6 Å². The maximum Gasteiger partial charge on any atom is 0.406 e. The Hall–Kier alpha value is -1.95. The largest absolute Gasteiger partial charge is 0.451 e. The molecule has 1 fully saturated rings. The molecule has 7 heteroatoms. The third-order valence-corrected chi connectivity index (χ3v) is 4.60. The average molecular weight is 372 g/mol. The molecule has 1 amide bonds. The Morgan fingerprint density at radius 1 is 1.24 bits per heavy atom. The topological polar surface area (TPSA) is 33.5 Å². The maximum atomic E-state index is 12.9. The molecule has 0 aliphatic heterocycles. The zero-order valence-corrected chi connectivity index (χ0v) is 14.3. The first kappa shape index (κ1) is 17.9. The van der Waals surface area contributed by atoms with E-state index in [1.165, 1.54) is 6.07 Å². The first-order valence-electron chi connectivity index (χ1n) is 7.98. The number of rotatable bonds is 5. The molecule has 1 atom stereocenters. The lowest BCUT2D eigenvalue weighted by Crippen LogP contribution is -2.45. The van der Waals surface area contributed by atoms with Crippen molar-refractivity contribution in [2.45, 2.75) is 32.0 Å². The van der Waals surface area contributed by atoms with Crippen molar-refractivity contribution < 1.29 is 22.4 Å². The van der Waals surface area contributed by atoms with Crippen LogP contribution in [0.2, 0.25) is 5.02 Å². The summed E-state index contributed by atoms with van der Waals surface area (Å²) in [6.45, 7) is 0.380. The lowest BCUT2D eigenvalue weighted by Gasteiger charge is -2.29.